The first-order valence-corrected chi connectivity index (χ1v) is 9.13. The fourth-order valence-corrected chi connectivity index (χ4v) is 2.49. The molecule has 0 aliphatic heterocycles. The van der Waals surface area contributed by atoms with Gasteiger partial charge >= 0.3 is 5.97 Å². The third kappa shape index (κ3) is 6.48. The molecular weight excluding hydrogens is 400 g/mol. The highest BCUT2D eigenvalue weighted by Crippen LogP contribution is 2.24. The Morgan fingerprint density at radius 2 is 1.88 bits per heavy atom. The first-order valence-electron chi connectivity index (χ1n) is 8.33. The third-order valence-corrected chi connectivity index (χ3v) is 4.14. The molecule has 1 N–H and O–H groups in total. The first kappa shape index (κ1) is 19.9. The van der Waals surface area contributed by atoms with Gasteiger partial charge in [-0.3, -0.25) is 9.59 Å². The molecule has 0 aliphatic rings. The van der Waals surface area contributed by atoms with Gasteiger partial charge in [0.1, 0.15) is 11.3 Å². The molecule has 26 heavy (non-hydrogen) atoms. The van der Waals surface area contributed by atoms with Crippen LogP contribution in [0.3, 0.4) is 0 Å². The average Bonchev–Trinajstić information content (AvgIpc) is 2.66. The second kappa shape index (κ2) is 10.6. The van der Waals surface area contributed by atoms with E-state index < -0.39 is 0 Å². The predicted octanol–water partition coefficient (Wildman–Crippen LogP) is 4.10. The average molecular weight is 421 g/mol. The van der Waals surface area contributed by atoms with Crippen LogP contribution in [0.2, 0.25) is 0 Å². The van der Waals surface area contributed by atoms with Crippen molar-refractivity contribution in [3.8, 4) is 11.6 Å². The van der Waals surface area contributed by atoms with Gasteiger partial charge in [0.2, 0.25) is 5.88 Å². The molecule has 0 bridgehead atoms. The van der Waals surface area contributed by atoms with E-state index in [-0.39, 0.29) is 17.8 Å². The van der Waals surface area contributed by atoms with Gasteiger partial charge < -0.3 is 14.8 Å². The molecular formula is C19H21BrN2O4. The summed E-state index contributed by atoms with van der Waals surface area (Å²) in [7, 11) is 1.38. The van der Waals surface area contributed by atoms with E-state index in [9.17, 15) is 9.59 Å². The predicted molar refractivity (Wildman–Crippen MR) is 101 cm³/mol. The van der Waals surface area contributed by atoms with Crippen molar-refractivity contribution < 1.29 is 19.1 Å². The van der Waals surface area contributed by atoms with E-state index in [0.717, 1.165) is 23.7 Å². The third-order valence-electron chi connectivity index (χ3n) is 3.61. The van der Waals surface area contributed by atoms with Gasteiger partial charge in [0, 0.05) is 23.6 Å². The van der Waals surface area contributed by atoms with Gasteiger partial charge in [-0.05, 0) is 49.2 Å². The Labute approximate surface area is 161 Å². The van der Waals surface area contributed by atoms with Crippen molar-refractivity contribution in [3.05, 3.63) is 52.6 Å². The summed E-state index contributed by atoms with van der Waals surface area (Å²) in [5, 5.41) is 2.85. The highest BCUT2D eigenvalue weighted by atomic mass is 79.9. The van der Waals surface area contributed by atoms with Crippen molar-refractivity contribution in [2.75, 3.05) is 13.7 Å². The first-order chi connectivity index (χ1) is 12.6. The summed E-state index contributed by atoms with van der Waals surface area (Å²) in [4.78, 5) is 27.6. The summed E-state index contributed by atoms with van der Waals surface area (Å²) in [5.41, 5.74) is 0.380. The van der Waals surface area contributed by atoms with Crippen LogP contribution in [0.25, 0.3) is 0 Å². The number of unbranched alkanes of at least 4 members (excludes halogenated alkanes) is 2. The van der Waals surface area contributed by atoms with Crippen LogP contribution >= 0.6 is 15.9 Å². The van der Waals surface area contributed by atoms with E-state index in [4.69, 9.17) is 4.74 Å². The lowest BCUT2D eigenvalue weighted by Gasteiger charge is -2.10. The van der Waals surface area contributed by atoms with Crippen LogP contribution in [-0.4, -0.2) is 30.5 Å². The van der Waals surface area contributed by atoms with E-state index in [2.05, 4.69) is 31.0 Å². The molecule has 0 fully saturated rings. The van der Waals surface area contributed by atoms with Crippen molar-refractivity contribution >= 4 is 27.8 Å². The zero-order valence-corrected chi connectivity index (χ0v) is 16.1. The fourth-order valence-electron chi connectivity index (χ4n) is 2.23. The molecule has 1 heterocycles. The number of benzene rings is 1. The maximum Gasteiger partial charge on any atom is 0.305 e. The molecule has 0 saturated carbocycles. The van der Waals surface area contributed by atoms with Gasteiger partial charge in [-0.2, -0.15) is 0 Å². The molecule has 0 spiro atoms. The molecule has 2 rings (SSSR count). The summed E-state index contributed by atoms with van der Waals surface area (Å²) in [6.07, 6.45) is 4.35. The number of nitrogens with one attached hydrogen (secondary N) is 1. The molecule has 0 saturated heterocycles. The van der Waals surface area contributed by atoms with Crippen molar-refractivity contribution in [1.82, 2.24) is 10.3 Å². The topological polar surface area (TPSA) is 77.5 Å². The maximum atomic E-state index is 12.4. The van der Waals surface area contributed by atoms with Gasteiger partial charge in [0.25, 0.3) is 5.91 Å². The molecule has 0 aliphatic carbocycles. The lowest BCUT2D eigenvalue weighted by Crippen LogP contribution is -2.25. The smallest absolute Gasteiger partial charge is 0.305 e. The minimum absolute atomic E-state index is 0.209. The van der Waals surface area contributed by atoms with Crippen LogP contribution in [0.1, 0.15) is 36.0 Å². The summed E-state index contributed by atoms with van der Waals surface area (Å²) in [6.45, 7) is 0.520. The Morgan fingerprint density at radius 3 is 2.62 bits per heavy atom. The molecule has 1 aromatic carbocycles. The molecule has 1 aromatic heterocycles. The number of rotatable bonds is 9. The minimum atomic E-state index is -0.238. The number of hydrogen-bond donors (Lipinski definition) is 1. The van der Waals surface area contributed by atoms with E-state index in [1.165, 1.54) is 7.11 Å². The second-order valence-electron chi connectivity index (χ2n) is 5.55. The van der Waals surface area contributed by atoms with Crippen molar-refractivity contribution in [1.29, 1.82) is 0 Å². The van der Waals surface area contributed by atoms with Crippen molar-refractivity contribution in [3.63, 3.8) is 0 Å². The number of methoxy groups -OCH3 is 1. The number of esters is 1. The normalized spacial score (nSPS) is 10.2. The lowest BCUT2D eigenvalue weighted by molar-refractivity contribution is -0.140. The number of carbonyl (C=O) groups is 2. The monoisotopic (exact) mass is 420 g/mol. The zero-order chi connectivity index (χ0) is 18.8. The number of nitrogens with zero attached hydrogens (tertiary/aromatic N) is 1. The van der Waals surface area contributed by atoms with Gasteiger partial charge in [0.05, 0.1) is 7.11 Å². The molecule has 0 radical (unpaired) electrons. The maximum absolute atomic E-state index is 12.4. The summed E-state index contributed by atoms with van der Waals surface area (Å²) < 4.78 is 11.3. The van der Waals surface area contributed by atoms with Gasteiger partial charge in [0.15, 0.2) is 0 Å². The molecule has 2 aromatic rings. The second-order valence-corrected chi connectivity index (χ2v) is 6.47. The molecule has 1 amide bonds. The number of aromatic nitrogens is 1. The quantitative estimate of drug-likeness (QED) is 0.487. The summed E-state index contributed by atoms with van der Waals surface area (Å²) in [5.74, 6) is 0.416. The van der Waals surface area contributed by atoms with E-state index in [0.29, 0.717) is 24.3 Å². The Morgan fingerprint density at radius 1 is 1.12 bits per heavy atom. The molecule has 7 heteroatoms. The largest absolute Gasteiger partial charge is 0.469 e. The van der Waals surface area contributed by atoms with Crippen LogP contribution in [0, 0.1) is 0 Å². The van der Waals surface area contributed by atoms with Crippen LogP contribution in [0.15, 0.2) is 47.1 Å². The fraction of sp³-hybridized carbons (Fsp3) is 0.316. The molecule has 138 valence electrons. The Bertz CT molecular complexity index is 735. The molecule has 6 nitrogen and oxygen atoms in total. The zero-order valence-electron chi connectivity index (χ0n) is 14.5. The summed E-state index contributed by atoms with van der Waals surface area (Å²) in [6, 6.07) is 10.7. The number of ether oxygens (including phenoxy) is 2. The van der Waals surface area contributed by atoms with Crippen LogP contribution in [0.5, 0.6) is 11.6 Å². The van der Waals surface area contributed by atoms with Gasteiger partial charge in [-0.15, -0.1) is 0 Å². The highest BCUT2D eigenvalue weighted by Gasteiger charge is 2.13. The number of amides is 1. The molecule has 0 unspecified atom stereocenters. The van der Waals surface area contributed by atoms with Crippen LogP contribution < -0.4 is 10.1 Å². The van der Waals surface area contributed by atoms with Crippen molar-refractivity contribution in [2.45, 2.75) is 25.7 Å². The van der Waals surface area contributed by atoms with E-state index >= 15 is 0 Å². The lowest BCUT2D eigenvalue weighted by atomic mass is 10.2. The Balaban J connectivity index is 1.85. The van der Waals surface area contributed by atoms with Crippen molar-refractivity contribution in [2.24, 2.45) is 0 Å². The Hall–Kier alpha value is -2.41. The summed E-state index contributed by atoms with van der Waals surface area (Å²) >= 11 is 3.37. The minimum Gasteiger partial charge on any atom is -0.469 e. The van der Waals surface area contributed by atoms with Gasteiger partial charge in [-0.25, -0.2) is 4.98 Å². The number of pyridine rings is 1. The van der Waals surface area contributed by atoms with Crippen LogP contribution in [-0.2, 0) is 9.53 Å². The van der Waals surface area contributed by atoms with Gasteiger partial charge in [-0.1, -0.05) is 22.4 Å². The number of carbonyl (C=O) groups excluding carboxylic acids is 2. The number of hydrogen-bond acceptors (Lipinski definition) is 5. The number of halogens is 1. The van der Waals surface area contributed by atoms with E-state index in [1.54, 1.807) is 30.5 Å². The SMILES string of the molecule is COC(=O)CCCCCNC(=O)c1cccnc1Oc1ccc(Br)cc1. The molecule has 0 atom stereocenters. The highest BCUT2D eigenvalue weighted by molar-refractivity contribution is 9.10. The Kier molecular flexibility index (Phi) is 8.08. The van der Waals surface area contributed by atoms with Crippen LogP contribution in [0.4, 0.5) is 0 Å². The standard InChI is InChI=1S/C19H21BrN2O4/c1-25-17(23)7-3-2-4-12-21-18(24)16-6-5-13-22-19(16)26-15-10-8-14(20)9-11-15/h5-6,8-11,13H,2-4,7,12H2,1H3,(H,21,24). The van der Waals surface area contributed by atoms with E-state index in [1.807, 2.05) is 12.1 Å².